The molecule has 2 amide bonds. The Morgan fingerprint density at radius 2 is 1.97 bits per heavy atom. The van der Waals surface area contributed by atoms with Gasteiger partial charge in [0.05, 0.1) is 16.5 Å². The molecule has 1 N–H and O–H groups in total. The number of carbonyl (C=O) groups excluding carboxylic acids is 2. The fourth-order valence-electron chi connectivity index (χ4n) is 3.32. The number of carbonyl (C=O) groups is 2. The van der Waals surface area contributed by atoms with Gasteiger partial charge >= 0.3 is 0 Å². The van der Waals surface area contributed by atoms with E-state index in [0.29, 0.717) is 23.9 Å². The third kappa shape index (κ3) is 5.60. The fraction of sp³-hybridized carbons (Fsp3) is 0.478. The molecule has 0 radical (unpaired) electrons. The Balaban J connectivity index is 1.61. The van der Waals surface area contributed by atoms with E-state index in [4.69, 9.17) is 4.74 Å². The highest BCUT2D eigenvalue weighted by Crippen LogP contribution is 2.30. The molecular formula is C23H30N2O3S. The average Bonchev–Trinajstić information content (AvgIpc) is 3.06. The van der Waals surface area contributed by atoms with Gasteiger partial charge in [-0.05, 0) is 43.5 Å². The van der Waals surface area contributed by atoms with Crippen LogP contribution in [-0.4, -0.2) is 36.4 Å². The van der Waals surface area contributed by atoms with E-state index >= 15 is 0 Å². The summed E-state index contributed by atoms with van der Waals surface area (Å²) >= 11 is 1.36. The standard InChI is InChI=1S/C23H30N2O3S/c1-16-13-19(24-22(27)23(2,3)4)29-20(16)21(26)25-12-8-9-17(14-25)15-28-18-10-6-5-7-11-18/h5-7,10-11,13,17H,8-9,12,14-15H2,1-4H3,(H,24,27). The molecule has 1 aromatic carbocycles. The number of nitrogens with zero attached hydrogens (tertiary/aromatic N) is 1. The normalized spacial score (nSPS) is 17.1. The van der Waals surface area contributed by atoms with E-state index in [2.05, 4.69) is 5.32 Å². The van der Waals surface area contributed by atoms with E-state index in [1.165, 1.54) is 11.3 Å². The number of piperidine rings is 1. The van der Waals surface area contributed by atoms with Gasteiger partial charge in [-0.1, -0.05) is 39.0 Å². The SMILES string of the molecule is Cc1cc(NC(=O)C(C)(C)C)sc1C(=O)N1CCCC(COc2ccccc2)C1. The van der Waals surface area contributed by atoms with Crippen LogP contribution in [-0.2, 0) is 4.79 Å². The van der Waals surface area contributed by atoms with Crippen molar-refractivity contribution in [2.24, 2.45) is 11.3 Å². The van der Waals surface area contributed by atoms with Crippen LogP contribution < -0.4 is 10.1 Å². The van der Waals surface area contributed by atoms with E-state index < -0.39 is 5.41 Å². The van der Waals surface area contributed by atoms with Gasteiger partial charge < -0.3 is 15.0 Å². The van der Waals surface area contributed by atoms with Gasteiger partial charge in [-0.2, -0.15) is 0 Å². The number of nitrogens with one attached hydrogen (secondary N) is 1. The zero-order chi connectivity index (χ0) is 21.0. The number of aryl methyl sites for hydroxylation is 1. The maximum atomic E-state index is 13.1. The van der Waals surface area contributed by atoms with Gasteiger partial charge in [-0.3, -0.25) is 9.59 Å². The second kappa shape index (κ2) is 8.99. The predicted octanol–water partition coefficient (Wildman–Crippen LogP) is 4.97. The van der Waals surface area contributed by atoms with Crippen molar-refractivity contribution < 1.29 is 14.3 Å². The number of amides is 2. The van der Waals surface area contributed by atoms with Crippen LogP contribution in [0.1, 0.15) is 48.8 Å². The first-order valence-electron chi connectivity index (χ1n) is 10.1. The highest BCUT2D eigenvalue weighted by molar-refractivity contribution is 7.18. The van der Waals surface area contributed by atoms with Gasteiger partial charge in [0.15, 0.2) is 0 Å². The molecule has 0 spiro atoms. The molecule has 2 aromatic rings. The molecular weight excluding hydrogens is 384 g/mol. The molecule has 29 heavy (non-hydrogen) atoms. The monoisotopic (exact) mass is 414 g/mol. The van der Waals surface area contributed by atoms with Crippen LogP contribution in [0.15, 0.2) is 36.4 Å². The second-order valence-corrected chi connectivity index (χ2v) is 9.76. The van der Waals surface area contributed by atoms with E-state index in [-0.39, 0.29) is 11.8 Å². The summed E-state index contributed by atoms with van der Waals surface area (Å²) in [4.78, 5) is 28.0. The minimum absolute atomic E-state index is 0.0474. The van der Waals surface area contributed by atoms with Crippen molar-refractivity contribution in [1.29, 1.82) is 0 Å². The van der Waals surface area contributed by atoms with Crippen molar-refractivity contribution in [3.63, 3.8) is 0 Å². The number of hydrogen-bond donors (Lipinski definition) is 1. The Morgan fingerprint density at radius 3 is 2.66 bits per heavy atom. The van der Waals surface area contributed by atoms with Crippen LogP contribution >= 0.6 is 11.3 Å². The first-order valence-corrected chi connectivity index (χ1v) is 10.9. The number of rotatable bonds is 5. The van der Waals surface area contributed by atoms with Crippen molar-refractivity contribution in [3.05, 3.63) is 46.8 Å². The molecule has 156 valence electrons. The Hall–Kier alpha value is -2.34. The third-order valence-corrected chi connectivity index (χ3v) is 6.21. The second-order valence-electron chi connectivity index (χ2n) is 8.71. The molecule has 1 aromatic heterocycles. The predicted molar refractivity (Wildman–Crippen MR) is 118 cm³/mol. The minimum atomic E-state index is -0.471. The number of anilines is 1. The molecule has 6 heteroatoms. The molecule has 2 heterocycles. The lowest BCUT2D eigenvalue weighted by Gasteiger charge is -2.32. The van der Waals surface area contributed by atoms with Gasteiger partial charge in [0.2, 0.25) is 5.91 Å². The van der Waals surface area contributed by atoms with Crippen LogP contribution in [0.5, 0.6) is 5.75 Å². The molecule has 1 atom stereocenters. The van der Waals surface area contributed by atoms with Crippen molar-refractivity contribution in [2.75, 3.05) is 25.0 Å². The Labute approximate surface area is 177 Å². The fourth-order valence-corrected chi connectivity index (χ4v) is 4.35. The number of para-hydroxylation sites is 1. The summed E-state index contributed by atoms with van der Waals surface area (Å²) in [5, 5.41) is 3.67. The summed E-state index contributed by atoms with van der Waals surface area (Å²) in [6, 6.07) is 11.7. The molecule has 1 aliphatic heterocycles. The first-order chi connectivity index (χ1) is 13.7. The van der Waals surface area contributed by atoms with E-state index in [0.717, 1.165) is 35.7 Å². The topological polar surface area (TPSA) is 58.6 Å². The Kier molecular flexibility index (Phi) is 6.63. The lowest BCUT2D eigenvalue weighted by atomic mass is 9.96. The lowest BCUT2D eigenvalue weighted by molar-refractivity contribution is -0.123. The Morgan fingerprint density at radius 1 is 1.24 bits per heavy atom. The lowest BCUT2D eigenvalue weighted by Crippen LogP contribution is -2.41. The van der Waals surface area contributed by atoms with Crippen LogP contribution in [0.2, 0.25) is 0 Å². The molecule has 0 aliphatic carbocycles. The summed E-state index contributed by atoms with van der Waals surface area (Å²) in [5.74, 6) is 1.19. The molecule has 0 bridgehead atoms. The number of likely N-dealkylation sites (tertiary alicyclic amines) is 1. The molecule has 0 saturated carbocycles. The van der Waals surface area contributed by atoms with Crippen molar-refractivity contribution >= 4 is 28.2 Å². The zero-order valence-electron chi connectivity index (χ0n) is 17.7. The molecule has 5 nitrogen and oxygen atoms in total. The quantitative estimate of drug-likeness (QED) is 0.751. The Bertz CT molecular complexity index is 855. The number of ether oxygens (including phenoxy) is 1. The van der Waals surface area contributed by atoms with Gasteiger partial charge in [-0.25, -0.2) is 0 Å². The highest BCUT2D eigenvalue weighted by atomic mass is 32.1. The summed E-state index contributed by atoms with van der Waals surface area (Å²) in [6.45, 7) is 9.63. The largest absolute Gasteiger partial charge is 0.493 e. The smallest absolute Gasteiger partial charge is 0.264 e. The zero-order valence-corrected chi connectivity index (χ0v) is 18.5. The van der Waals surface area contributed by atoms with Gasteiger partial charge in [-0.15, -0.1) is 11.3 Å². The molecule has 1 saturated heterocycles. The summed E-state index contributed by atoms with van der Waals surface area (Å²) in [7, 11) is 0. The molecule has 1 unspecified atom stereocenters. The van der Waals surface area contributed by atoms with E-state index in [9.17, 15) is 9.59 Å². The van der Waals surface area contributed by atoms with Crippen LogP contribution in [0.3, 0.4) is 0 Å². The van der Waals surface area contributed by atoms with Crippen LogP contribution in [0.25, 0.3) is 0 Å². The number of benzene rings is 1. The van der Waals surface area contributed by atoms with Crippen molar-refractivity contribution in [1.82, 2.24) is 4.90 Å². The van der Waals surface area contributed by atoms with Gasteiger partial charge in [0.25, 0.3) is 5.91 Å². The van der Waals surface area contributed by atoms with E-state index in [1.54, 1.807) is 0 Å². The number of thiophene rings is 1. The third-order valence-electron chi connectivity index (χ3n) is 5.07. The molecule has 3 rings (SSSR count). The van der Waals surface area contributed by atoms with Crippen molar-refractivity contribution in [3.8, 4) is 5.75 Å². The maximum Gasteiger partial charge on any atom is 0.264 e. The van der Waals surface area contributed by atoms with Crippen LogP contribution in [0.4, 0.5) is 5.00 Å². The van der Waals surface area contributed by atoms with Crippen molar-refractivity contribution in [2.45, 2.75) is 40.5 Å². The summed E-state index contributed by atoms with van der Waals surface area (Å²) < 4.78 is 5.90. The average molecular weight is 415 g/mol. The van der Waals surface area contributed by atoms with Gasteiger partial charge in [0, 0.05) is 24.4 Å². The number of hydrogen-bond acceptors (Lipinski definition) is 4. The summed E-state index contributed by atoms with van der Waals surface area (Å²) in [6.07, 6.45) is 2.04. The van der Waals surface area contributed by atoms with Crippen LogP contribution in [0, 0.1) is 18.3 Å². The van der Waals surface area contributed by atoms with Gasteiger partial charge in [0.1, 0.15) is 5.75 Å². The highest BCUT2D eigenvalue weighted by Gasteiger charge is 2.28. The first kappa shape index (κ1) is 21.4. The maximum absolute atomic E-state index is 13.1. The molecule has 1 aliphatic rings. The van der Waals surface area contributed by atoms with E-state index in [1.807, 2.05) is 69.0 Å². The minimum Gasteiger partial charge on any atom is -0.493 e. The summed E-state index contributed by atoms with van der Waals surface area (Å²) in [5.41, 5.74) is 0.438. The molecule has 1 fully saturated rings.